The van der Waals surface area contributed by atoms with Crippen LogP contribution in [0.3, 0.4) is 0 Å². The van der Waals surface area contributed by atoms with Crippen molar-refractivity contribution in [1.29, 1.82) is 0 Å². The average Bonchev–Trinajstić information content (AvgIpc) is 3.29. The van der Waals surface area contributed by atoms with Crippen molar-refractivity contribution in [3.8, 4) is 11.6 Å². The summed E-state index contributed by atoms with van der Waals surface area (Å²) in [6.45, 7) is 7.56. The van der Waals surface area contributed by atoms with Gasteiger partial charge in [0.1, 0.15) is 11.3 Å². The minimum Gasteiger partial charge on any atom is -0.478 e. The number of alkyl halides is 3. The Morgan fingerprint density at radius 3 is 2.45 bits per heavy atom. The van der Waals surface area contributed by atoms with Crippen LogP contribution in [0, 0.1) is 18.8 Å². The molecule has 1 N–H and O–H groups in total. The second kappa shape index (κ2) is 12.0. The normalized spacial score (nSPS) is 17.6. The zero-order valence-corrected chi connectivity index (χ0v) is 23.6. The SMILES string of the molecule is Cc1nc(Cc2cnc(Oc3ccc(N(C(=O)C4CCC(C)CC4)C(C)C)c(C(=O)O)c3)c(C(F)(F)F)c2)cs1. The van der Waals surface area contributed by atoms with Gasteiger partial charge in [-0.2, -0.15) is 13.2 Å². The number of hydrogen-bond donors (Lipinski definition) is 1. The summed E-state index contributed by atoms with van der Waals surface area (Å²) < 4.78 is 47.4. The smallest absolute Gasteiger partial charge is 0.421 e. The van der Waals surface area contributed by atoms with E-state index in [9.17, 15) is 27.9 Å². The number of rotatable bonds is 8. The first-order valence-electron chi connectivity index (χ1n) is 13.2. The number of carboxylic acids is 1. The topological polar surface area (TPSA) is 92.6 Å². The van der Waals surface area contributed by atoms with Crippen LogP contribution < -0.4 is 9.64 Å². The molecule has 0 atom stereocenters. The lowest BCUT2D eigenvalue weighted by molar-refractivity contribution is -0.139. The third-order valence-corrected chi connectivity index (χ3v) is 7.88. The summed E-state index contributed by atoms with van der Waals surface area (Å²) >= 11 is 1.41. The van der Waals surface area contributed by atoms with Crippen molar-refractivity contribution in [2.75, 3.05) is 4.90 Å². The van der Waals surface area contributed by atoms with Gasteiger partial charge >= 0.3 is 12.1 Å². The molecule has 1 saturated carbocycles. The molecular formula is C29H32F3N3O4S. The van der Waals surface area contributed by atoms with Gasteiger partial charge in [-0.15, -0.1) is 11.3 Å². The maximum Gasteiger partial charge on any atom is 0.421 e. The van der Waals surface area contributed by atoms with Gasteiger partial charge in [0.2, 0.25) is 11.8 Å². The highest BCUT2D eigenvalue weighted by Crippen LogP contribution is 2.39. The largest absolute Gasteiger partial charge is 0.478 e. The van der Waals surface area contributed by atoms with Crippen LogP contribution in [0.5, 0.6) is 11.6 Å². The molecule has 1 aromatic carbocycles. The number of aromatic nitrogens is 2. The number of benzene rings is 1. The Bertz CT molecular complexity index is 1380. The van der Waals surface area contributed by atoms with Crippen LogP contribution in [-0.4, -0.2) is 33.0 Å². The summed E-state index contributed by atoms with van der Waals surface area (Å²) in [6.07, 6.45) is 0.0284. The Hall–Kier alpha value is -3.47. The Morgan fingerprint density at radius 1 is 1.18 bits per heavy atom. The van der Waals surface area contributed by atoms with E-state index in [0.717, 1.165) is 42.8 Å². The number of ether oxygens (including phenoxy) is 1. The van der Waals surface area contributed by atoms with Crippen molar-refractivity contribution in [2.24, 2.45) is 11.8 Å². The molecule has 0 spiro atoms. The Balaban J connectivity index is 1.64. The first kappa shape index (κ1) is 29.5. The van der Waals surface area contributed by atoms with Gasteiger partial charge in [-0.3, -0.25) is 4.79 Å². The second-order valence-electron chi connectivity index (χ2n) is 10.6. The number of thiazole rings is 1. The van der Waals surface area contributed by atoms with E-state index in [4.69, 9.17) is 4.74 Å². The predicted octanol–water partition coefficient (Wildman–Crippen LogP) is 7.51. The van der Waals surface area contributed by atoms with E-state index in [1.165, 1.54) is 34.6 Å². The lowest BCUT2D eigenvalue weighted by atomic mass is 9.82. The van der Waals surface area contributed by atoms with Gasteiger partial charge < -0.3 is 14.7 Å². The molecule has 0 aliphatic heterocycles. The molecule has 2 aromatic heterocycles. The molecule has 1 fully saturated rings. The maximum absolute atomic E-state index is 14.0. The molecule has 1 aliphatic carbocycles. The number of anilines is 1. The molecule has 0 saturated heterocycles. The van der Waals surface area contributed by atoms with Crippen molar-refractivity contribution in [3.63, 3.8) is 0 Å². The van der Waals surface area contributed by atoms with E-state index in [1.54, 1.807) is 19.2 Å². The summed E-state index contributed by atoms with van der Waals surface area (Å²) in [5, 5.41) is 12.6. The average molecular weight is 576 g/mol. The molecule has 0 unspecified atom stereocenters. The van der Waals surface area contributed by atoms with Crippen LogP contribution in [0.2, 0.25) is 0 Å². The van der Waals surface area contributed by atoms with Crippen molar-refractivity contribution in [1.82, 2.24) is 9.97 Å². The Labute approximate surface area is 235 Å². The Morgan fingerprint density at radius 2 is 1.88 bits per heavy atom. The number of carbonyl (C=O) groups excluding carboxylic acids is 1. The molecule has 2 heterocycles. The predicted molar refractivity (Wildman–Crippen MR) is 146 cm³/mol. The van der Waals surface area contributed by atoms with Crippen molar-refractivity contribution in [2.45, 2.75) is 72.0 Å². The lowest BCUT2D eigenvalue weighted by Gasteiger charge is -2.34. The van der Waals surface area contributed by atoms with Crippen LogP contribution in [0.25, 0.3) is 0 Å². The molecule has 4 rings (SSSR count). The number of aromatic carboxylic acids is 1. The maximum atomic E-state index is 14.0. The molecule has 3 aromatic rings. The van der Waals surface area contributed by atoms with Crippen molar-refractivity contribution < 1.29 is 32.6 Å². The van der Waals surface area contributed by atoms with E-state index in [-0.39, 0.29) is 41.3 Å². The molecule has 214 valence electrons. The van der Waals surface area contributed by atoms with Crippen LogP contribution in [0.15, 0.2) is 35.8 Å². The van der Waals surface area contributed by atoms with Gasteiger partial charge in [-0.1, -0.05) is 6.92 Å². The molecule has 0 radical (unpaired) electrons. The number of amides is 1. The number of halogens is 3. The van der Waals surface area contributed by atoms with E-state index in [0.29, 0.717) is 17.2 Å². The first-order chi connectivity index (χ1) is 18.8. The van der Waals surface area contributed by atoms with Crippen LogP contribution >= 0.6 is 11.3 Å². The summed E-state index contributed by atoms with van der Waals surface area (Å²) in [7, 11) is 0. The minimum absolute atomic E-state index is 0.135. The quantitative estimate of drug-likeness (QED) is 0.299. The van der Waals surface area contributed by atoms with Gasteiger partial charge in [0.15, 0.2) is 0 Å². The van der Waals surface area contributed by atoms with Crippen LogP contribution in [0.1, 0.15) is 78.6 Å². The number of aryl methyl sites for hydroxylation is 1. The van der Waals surface area contributed by atoms with Gasteiger partial charge in [0, 0.05) is 30.0 Å². The fraction of sp³-hybridized carbons (Fsp3) is 0.448. The Kier molecular flexibility index (Phi) is 8.82. The highest BCUT2D eigenvalue weighted by atomic mass is 32.1. The zero-order valence-electron chi connectivity index (χ0n) is 22.8. The zero-order chi connectivity index (χ0) is 29.2. The molecule has 1 amide bonds. The number of carbonyl (C=O) groups is 2. The third-order valence-electron chi connectivity index (χ3n) is 7.06. The summed E-state index contributed by atoms with van der Waals surface area (Å²) in [4.78, 5) is 35.4. The fourth-order valence-electron chi connectivity index (χ4n) is 5.00. The molecule has 0 bridgehead atoms. The minimum atomic E-state index is -4.76. The monoisotopic (exact) mass is 575 g/mol. The molecule has 1 aliphatic rings. The molecule has 40 heavy (non-hydrogen) atoms. The number of pyridine rings is 1. The molecular weight excluding hydrogens is 543 g/mol. The standard InChI is InChI=1S/C29H32F3N3O4S/c1-16(2)35(27(36)20-7-5-17(3)6-8-20)25-10-9-22(13-23(25)28(37)38)39-26-24(29(30,31)32)12-19(14-33-26)11-21-15-40-18(4)34-21/h9-10,12-17,20H,5-8,11H2,1-4H3,(H,37,38). The summed E-state index contributed by atoms with van der Waals surface area (Å²) in [5.41, 5.74) is -0.192. The number of nitrogens with zero attached hydrogens (tertiary/aromatic N) is 3. The van der Waals surface area contributed by atoms with Crippen molar-refractivity contribution in [3.05, 3.63) is 63.2 Å². The fourth-order valence-corrected chi connectivity index (χ4v) is 5.61. The first-order valence-corrected chi connectivity index (χ1v) is 14.1. The van der Waals surface area contributed by atoms with Crippen molar-refractivity contribution >= 4 is 28.9 Å². The lowest BCUT2D eigenvalue weighted by Crippen LogP contribution is -2.42. The number of carboxylic acid groups (broad SMARTS) is 1. The van der Waals surface area contributed by atoms with E-state index >= 15 is 0 Å². The van der Waals surface area contributed by atoms with Gasteiger partial charge in [0.25, 0.3) is 0 Å². The highest BCUT2D eigenvalue weighted by molar-refractivity contribution is 7.09. The van der Waals surface area contributed by atoms with Gasteiger partial charge in [0.05, 0.1) is 22.0 Å². The molecule has 11 heteroatoms. The van der Waals surface area contributed by atoms with Gasteiger partial charge in [-0.25, -0.2) is 14.8 Å². The summed E-state index contributed by atoms with van der Waals surface area (Å²) in [6, 6.07) is 4.55. The number of hydrogen-bond acceptors (Lipinski definition) is 6. The second-order valence-corrected chi connectivity index (χ2v) is 11.6. The van der Waals surface area contributed by atoms with E-state index in [1.807, 2.05) is 6.92 Å². The van der Waals surface area contributed by atoms with Gasteiger partial charge in [-0.05, 0) is 82.2 Å². The summed E-state index contributed by atoms with van der Waals surface area (Å²) in [5.74, 6) is -1.96. The third kappa shape index (κ3) is 6.80. The highest BCUT2D eigenvalue weighted by Gasteiger charge is 2.36. The van der Waals surface area contributed by atoms with Crippen LogP contribution in [-0.2, 0) is 17.4 Å². The van der Waals surface area contributed by atoms with E-state index in [2.05, 4.69) is 16.9 Å². The van der Waals surface area contributed by atoms with Crippen LogP contribution in [0.4, 0.5) is 18.9 Å². The molecule has 7 nitrogen and oxygen atoms in total. The van der Waals surface area contributed by atoms with E-state index < -0.39 is 23.6 Å².